The van der Waals surface area contributed by atoms with E-state index in [-0.39, 0.29) is 5.56 Å². The maximum absolute atomic E-state index is 12.2. The molecule has 0 aliphatic heterocycles. The lowest BCUT2D eigenvalue weighted by molar-refractivity contribution is 1.10. The topological polar surface area (TPSA) is 21.5 Å². The number of aromatic nitrogens is 1. The fraction of sp³-hybridized carbons (Fsp3) is 0.0714. The Hall–Kier alpha value is -2.09. The van der Waals surface area contributed by atoms with Gasteiger partial charge in [-0.05, 0) is 36.1 Å². The Morgan fingerprint density at radius 3 is 2.75 bits per heavy atom. The number of nitrogens with zero attached hydrogens (tertiary/aromatic N) is 1. The zero-order valence-corrected chi connectivity index (χ0v) is 8.97. The van der Waals surface area contributed by atoms with Crippen LogP contribution in [-0.4, -0.2) is 4.40 Å². The summed E-state index contributed by atoms with van der Waals surface area (Å²) in [5.41, 5.74) is 2.08. The normalized spacial score (nSPS) is 11.1. The van der Waals surface area contributed by atoms with Crippen LogP contribution in [0.1, 0.15) is 5.56 Å². The molecule has 16 heavy (non-hydrogen) atoms. The maximum atomic E-state index is 12.2. The molecule has 1 aromatic carbocycles. The molecule has 0 aliphatic rings. The zero-order chi connectivity index (χ0) is 11.1. The summed E-state index contributed by atoms with van der Waals surface area (Å²) >= 11 is 0. The monoisotopic (exact) mass is 209 g/mol. The molecule has 2 aromatic heterocycles. The fourth-order valence-corrected chi connectivity index (χ4v) is 2.02. The minimum Gasteiger partial charge on any atom is -0.284 e. The molecule has 0 atom stereocenters. The number of hydrogen-bond acceptors (Lipinski definition) is 1. The van der Waals surface area contributed by atoms with Crippen molar-refractivity contribution in [3.8, 4) is 0 Å². The number of hydrogen-bond donors (Lipinski definition) is 0. The maximum Gasteiger partial charge on any atom is 0.262 e. The third-order valence-corrected chi connectivity index (χ3v) is 2.84. The molecule has 0 radical (unpaired) electrons. The van der Waals surface area contributed by atoms with Crippen LogP contribution < -0.4 is 5.56 Å². The number of rotatable bonds is 0. The standard InChI is InChI=1S/C14H11NO/c1-10-6-7-12-8-11-4-2-3-5-13(11)14(16)15(12)9-10/h2-9H,1H3. The molecular weight excluding hydrogens is 198 g/mol. The Morgan fingerprint density at radius 2 is 1.88 bits per heavy atom. The first kappa shape index (κ1) is 9.16. The Labute approximate surface area is 92.8 Å². The molecule has 2 nitrogen and oxygen atoms in total. The van der Waals surface area contributed by atoms with E-state index in [1.54, 1.807) is 4.40 Å². The van der Waals surface area contributed by atoms with Crippen LogP contribution in [0.5, 0.6) is 0 Å². The van der Waals surface area contributed by atoms with Crippen molar-refractivity contribution in [3.05, 3.63) is 64.6 Å². The molecule has 2 heteroatoms. The molecular formula is C14H11NO. The molecule has 0 aliphatic carbocycles. The third-order valence-electron chi connectivity index (χ3n) is 2.84. The van der Waals surface area contributed by atoms with Crippen LogP contribution in [0, 0.1) is 6.92 Å². The average molecular weight is 209 g/mol. The lowest BCUT2D eigenvalue weighted by Crippen LogP contribution is -2.13. The van der Waals surface area contributed by atoms with Crippen molar-refractivity contribution < 1.29 is 0 Å². The van der Waals surface area contributed by atoms with Gasteiger partial charge in [-0.3, -0.25) is 9.20 Å². The van der Waals surface area contributed by atoms with Gasteiger partial charge in [0.1, 0.15) is 0 Å². The summed E-state index contributed by atoms with van der Waals surface area (Å²) in [5, 5.41) is 1.77. The van der Waals surface area contributed by atoms with E-state index >= 15 is 0 Å². The molecule has 0 amide bonds. The molecule has 0 bridgehead atoms. The lowest BCUT2D eigenvalue weighted by atomic mass is 10.1. The molecule has 0 fully saturated rings. The molecule has 0 saturated heterocycles. The second-order valence-corrected chi connectivity index (χ2v) is 4.04. The van der Waals surface area contributed by atoms with E-state index in [1.165, 1.54) is 0 Å². The number of aryl methyl sites for hydroxylation is 1. The summed E-state index contributed by atoms with van der Waals surface area (Å²) in [6, 6.07) is 13.7. The predicted octanol–water partition coefficient (Wildman–Crippen LogP) is 2.76. The van der Waals surface area contributed by atoms with Gasteiger partial charge in [-0.15, -0.1) is 0 Å². The number of pyridine rings is 2. The molecule has 0 saturated carbocycles. The Kier molecular flexibility index (Phi) is 1.83. The van der Waals surface area contributed by atoms with Gasteiger partial charge in [0.25, 0.3) is 5.56 Å². The molecule has 0 spiro atoms. The summed E-state index contributed by atoms with van der Waals surface area (Å²) in [4.78, 5) is 12.2. The summed E-state index contributed by atoms with van der Waals surface area (Å²) in [6.45, 7) is 1.99. The average Bonchev–Trinajstić information content (AvgIpc) is 2.31. The van der Waals surface area contributed by atoms with Crippen molar-refractivity contribution in [2.45, 2.75) is 6.92 Å². The van der Waals surface area contributed by atoms with Crippen molar-refractivity contribution in [1.82, 2.24) is 4.40 Å². The summed E-state index contributed by atoms with van der Waals surface area (Å²) < 4.78 is 1.71. The summed E-state index contributed by atoms with van der Waals surface area (Å²) in [6.07, 6.45) is 1.88. The smallest absolute Gasteiger partial charge is 0.262 e. The van der Waals surface area contributed by atoms with Crippen molar-refractivity contribution >= 4 is 16.3 Å². The minimum absolute atomic E-state index is 0.0526. The second kappa shape index (κ2) is 3.20. The largest absolute Gasteiger partial charge is 0.284 e. The van der Waals surface area contributed by atoms with E-state index in [4.69, 9.17) is 0 Å². The first-order chi connectivity index (χ1) is 7.75. The Balaban J connectivity index is 2.61. The summed E-state index contributed by atoms with van der Waals surface area (Å²) in [5.74, 6) is 0. The number of benzene rings is 1. The highest BCUT2D eigenvalue weighted by Gasteiger charge is 2.02. The van der Waals surface area contributed by atoms with Crippen LogP contribution >= 0.6 is 0 Å². The zero-order valence-electron chi connectivity index (χ0n) is 8.97. The summed E-state index contributed by atoms with van der Waals surface area (Å²) in [7, 11) is 0. The van der Waals surface area contributed by atoms with Crippen LogP contribution in [0.3, 0.4) is 0 Å². The van der Waals surface area contributed by atoms with Gasteiger partial charge < -0.3 is 0 Å². The van der Waals surface area contributed by atoms with Gasteiger partial charge in [0, 0.05) is 17.1 Å². The van der Waals surface area contributed by atoms with Crippen LogP contribution in [0.25, 0.3) is 16.3 Å². The molecule has 0 N–H and O–H groups in total. The van der Waals surface area contributed by atoms with Gasteiger partial charge >= 0.3 is 0 Å². The van der Waals surface area contributed by atoms with Gasteiger partial charge in [-0.2, -0.15) is 0 Å². The molecule has 78 valence electrons. The first-order valence-electron chi connectivity index (χ1n) is 5.26. The molecule has 0 unspecified atom stereocenters. The third kappa shape index (κ3) is 1.23. The number of fused-ring (bicyclic) bond motifs is 2. The van der Waals surface area contributed by atoms with Crippen LogP contribution in [0.15, 0.2) is 53.5 Å². The van der Waals surface area contributed by atoms with Crippen molar-refractivity contribution in [1.29, 1.82) is 0 Å². The van der Waals surface area contributed by atoms with Crippen LogP contribution in [0.4, 0.5) is 0 Å². The highest BCUT2D eigenvalue weighted by molar-refractivity contribution is 5.85. The van der Waals surface area contributed by atoms with E-state index in [9.17, 15) is 4.79 Å². The van der Waals surface area contributed by atoms with Crippen LogP contribution in [0.2, 0.25) is 0 Å². The van der Waals surface area contributed by atoms with Crippen LogP contribution in [-0.2, 0) is 0 Å². The van der Waals surface area contributed by atoms with E-state index in [1.807, 2.05) is 55.6 Å². The van der Waals surface area contributed by atoms with E-state index < -0.39 is 0 Å². The van der Waals surface area contributed by atoms with E-state index in [0.717, 1.165) is 21.9 Å². The first-order valence-corrected chi connectivity index (χ1v) is 5.26. The quantitative estimate of drug-likeness (QED) is 0.522. The van der Waals surface area contributed by atoms with Gasteiger partial charge in [0.15, 0.2) is 0 Å². The van der Waals surface area contributed by atoms with E-state index in [0.29, 0.717) is 0 Å². The van der Waals surface area contributed by atoms with E-state index in [2.05, 4.69) is 0 Å². The molecule has 2 heterocycles. The minimum atomic E-state index is 0.0526. The second-order valence-electron chi connectivity index (χ2n) is 4.04. The van der Waals surface area contributed by atoms with Gasteiger partial charge in [-0.1, -0.05) is 24.3 Å². The van der Waals surface area contributed by atoms with Gasteiger partial charge in [0.2, 0.25) is 0 Å². The van der Waals surface area contributed by atoms with Crippen molar-refractivity contribution in [2.24, 2.45) is 0 Å². The molecule has 3 rings (SSSR count). The van der Waals surface area contributed by atoms with Gasteiger partial charge in [0.05, 0.1) is 0 Å². The molecule has 3 aromatic rings. The fourth-order valence-electron chi connectivity index (χ4n) is 2.02. The predicted molar refractivity (Wildman–Crippen MR) is 65.9 cm³/mol. The van der Waals surface area contributed by atoms with Crippen molar-refractivity contribution in [2.75, 3.05) is 0 Å². The van der Waals surface area contributed by atoms with Gasteiger partial charge in [-0.25, -0.2) is 0 Å². The highest BCUT2D eigenvalue weighted by atomic mass is 16.1. The Bertz CT molecular complexity index is 740. The van der Waals surface area contributed by atoms with Crippen molar-refractivity contribution in [3.63, 3.8) is 0 Å². The highest BCUT2D eigenvalue weighted by Crippen LogP contribution is 2.13. The Morgan fingerprint density at radius 1 is 1.06 bits per heavy atom. The lowest BCUT2D eigenvalue weighted by Gasteiger charge is -2.04. The SMILES string of the molecule is Cc1ccc2cc3ccccc3c(=O)n2c1.